The summed E-state index contributed by atoms with van der Waals surface area (Å²) in [6.45, 7) is -0.341. The van der Waals surface area contributed by atoms with Crippen LogP contribution in [0.1, 0.15) is 51.4 Å². The van der Waals surface area contributed by atoms with Crippen molar-refractivity contribution in [3.05, 3.63) is 4.91 Å². The molecular weight excluding hydrogens is 592 g/mol. The molecule has 0 aromatic carbocycles. The molecule has 1 aliphatic carbocycles. The van der Waals surface area contributed by atoms with Gasteiger partial charge in [0, 0.05) is 18.6 Å². The van der Waals surface area contributed by atoms with E-state index in [1.165, 1.54) is 12.8 Å². The molecule has 2 fully saturated rings. The van der Waals surface area contributed by atoms with Crippen LogP contribution in [0.3, 0.4) is 0 Å². The summed E-state index contributed by atoms with van der Waals surface area (Å²) in [5, 5.41) is -0.948. The molecular formula is C12H24N4NaO7P2Pt-. The first kappa shape index (κ1) is 30.5. The third-order valence-electron chi connectivity index (χ3n) is 4.65. The van der Waals surface area contributed by atoms with Crippen LogP contribution in [0.25, 0.3) is 0 Å². The smallest absolute Gasteiger partial charge is 0.809 e. The van der Waals surface area contributed by atoms with E-state index >= 15 is 0 Å². The van der Waals surface area contributed by atoms with Gasteiger partial charge in [-0.2, -0.15) is 0 Å². The Morgan fingerprint density at radius 1 is 0.889 bits per heavy atom. The van der Waals surface area contributed by atoms with E-state index in [0.29, 0.717) is 6.42 Å². The molecule has 1 saturated carbocycles. The molecule has 0 radical (unpaired) electrons. The quantitative estimate of drug-likeness (QED) is 0.176. The minimum Gasteiger partial charge on any atom is -0.809 e. The predicted molar refractivity (Wildman–Crippen MR) is 83.3 cm³/mol. The average Bonchev–Trinajstić information content (AvgIpc) is 2.72. The van der Waals surface area contributed by atoms with Crippen LogP contribution in [-0.4, -0.2) is 28.7 Å². The number of hydrogen-bond donors (Lipinski definition) is 2. The second-order valence-corrected chi connectivity index (χ2v) is 10.2. The summed E-state index contributed by atoms with van der Waals surface area (Å²) in [7, 11) is -11.7. The predicted octanol–water partition coefficient (Wildman–Crippen LogP) is -4.76. The third-order valence-corrected chi connectivity index (χ3v) is 8.78. The fourth-order valence-electron chi connectivity index (χ4n) is 3.11. The minimum atomic E-state index is -5.85. The Morgan fingerprint density at radius 2 is 1.33 bits per heavy atom. The first-order chi connectivity index (χ1) is 11.5. The Labute approximate surface area is 195 Å². The van der Waals surface area contributed by atoms with Crippen molar-refractivity contribution in [1.29, 1.82) is 0 Å². The summed E-state index contributed by atoms with van der Waals surface area (Å²) in [6, 6.07) is 0.562. The van der Waals surface area contributed by atoms with Crippen molar-refractivity contribution in [3.63, 3.8) is 0 Å². The molecule has 2 aliphatic rings. The molecule has 2 unspecified atom stereocenters. The molecule has 11 nitrogen and oxygen atoms in total. The van der Waals surface area contributed by atoms with Crippen LogP contribution in [-0.2, 0) is 30.2 Å². The summed E-state index contributed by atoms with van der Waals surface area (Å²) in [5.74, 6) is 0. The Kier molecular flexibility index (Phi) is 14.5. The van der Waals surface area contributed by atoms with Crippen LogP contribution >= 0.6 is 15.2 Å². The van der Waals surface area contributed by atoms with Crippen LogP contribution in [0.5, 0.6) is 0 Å². The monoisotopic (exact) mass is 616 g/mol. The average molecular weight is 616 g/mol. The van der Waals surface area contributed by atoms with Crippen molar-refractivity contribution in [2.45, 2.75) is 68.5 Å². The van der Waals surface area contributed by atoms with Gasteiger partial charge < -0.3 is 40.2 Å². The number of hydrogen-bond acceptors (Lipinski definition) is 10. The Balaban J connectivity index is 0. The SMILES string of the molecule is NC1CCCCC1N.O=NN1CCCCCC1(P(=O)([O-])[O-])P(=O)([O-])[O-].[Na+].[Pt+2]. The van der Waals surface area contributed by atoms with Gasteiger partial charge in [-0.15, -0.1) is 4.91 Å². The van der Waals surface area contributed by atoms with E-state index in [1.54, 1.807) is 0 Å². The molecule has 1 saturated heterocycles. The second-order valence-electron chi connectivity index (χ2n) is 6.40. The van der Waals surface area contributed by atoms with Crippen LogP contribution in [0.2, 0.25) is 0 Å². The topological polar surface area (TPSA) is 211 Å². The van der Waals surface area contributed by atoms with E-state index in [1.807, 2.05) is 0 Å². The normalized spacial score (nSPS) is 25.6. The van der Waals surface area contributed by atoms with Gasteiger partial charge in [0.05, 0.1) is 5.29 Å². The molecule has 0 bridgehead atoms. The Bertz CT molecular complexity index is 518. The van der Waals surface area contributed by atoms with Crippen LogP contribution in [0, 0.1) is 4.91 Å². The molecule has 1 aliphatic heterocycles. The standard InChI is InChI=1S/C6H14N2O7P2.C6H14N2.Na.Pt/c9-7-8-5-3-1-2-4-6(8,16(10,11)12)17(13,14)15;7-5-3-1-2-4-6(5)8;;/h1-5H2,(H2,10,11,12)(H2,13,14,15);5-6H,1-4,7-8H2;;/q;;+1;+2/p-4. The Hall–Kier alpha value is 1.31. The zero-order valence-corrected chi connectivity index (χ0v) is 21.2. The van der Waals surface area contributed by atoms with Crippen molar-refractivity contribution in [2.75, 3.05) is 6.54 Å². The number of nitrogens with zero attached hydrogens (tertiary/aromatic N) is 2. The zero-order valence-electron chi connectivity index (χ0n) is 15.1. The first-order valence-electron chi connectivity index (χ1n) is 8.14. The summed E-state index contributed by atoms with van der Waals surface area (Å²) in [4.78, 5) is 55.0. The number of nitrogens with two attached hydrogens (primary N) is 2. The molecule has 1 heterocycles. The number of nitroso groups, excluding NO2 is 1. The third kappa shape index (κ3) is 7.82. The van der Waals surface area contributed by atoms with Gasteiger partial charge in [-0.3, -0.25) is 0 Å². The molecule has 0 aromatic rings. The maximum atomic E-state index is 11.1. The van der Waals surface area contributed by atoms with Gasteiger partial charge in [0.15, 0.2) is 0 Å². The summed E-state index contributed by atoms with van der Waals surface area (Å²) < 4.78 is 22.3. The first-order valence-corrected chi connectivity index (χ1v) is 11.2. The van der Waals surface area contributed by atoms with Crippen molar-refractivity contribution in [1.82, 2.24) is 5.01 Å². The molecule has 0 amide bonds. The van der Waals surface area contributed by atoms with Gasteiger partial charge in [0.1, 0.15) is 5.02 Å². The van der Waals surface area contributed by atoms with Crippen LogP contribution in [0.15, 0.2) is 5.29 Å². The molecule has 156 valence electrons. The van der Waals surface area contributed by atoms with Gasteiger partial charge in [0.2, 0.25) is 0 Å². The largest absolute Gasteiger partial charge is 2.00 e. The summed E-state index contributed by atoms with van der Waals surface area (Å²) in [6.07, 6.45) is 4.83. The molecule has 2 rings (SSSR count). The van der Waals surface area contributed by atoms with Gasteiger partial charge in [-0.05, 0) is 40.9 Å². The zero-order chi connectivity index (χ0) is 19.3. The van der Waals surface area contributed by atoms with Crippen molar-refractivity contribution in [2.24, 2.45) is 16.8 Å². The van der Waals surface area contributed by atoms with E-state index in [2.05, 4.69) is 5.29 Å². The van der Waals surface area contributed by atoms with E-state index in [-0.39, 0.29) is 87.1 Å². The fourth-order valence-corrected chi connectivity index (χ4v) is 6.01. The molecule has 4 N–H and O–H groups in total. The van der Waals surface area contributed by atoms with Crippen molar-refractivity contribution < 1.29 is 79.3 Å². The second kappa shape index (κ2) is 12.9. The molecule has 2 atom stereocenters. The van der Waals surface area contributed by atoms with Crippen LogP contribution < -0.4 is 60.6 Å². The summed E-state index contributed by atoms with van der Waals surface area (Å²) in [5.41, 5.74) is 11.3. The molecule has 0 aromatic heterocycles. The van der Waals surface area contributed by atoms with Crippen molar-refractivity contribution in [3.8, 4) is 0 Å². The van der Waals surface area contributed by atoms with Crippen LogP contribution in [0.4, 0.5) is 0 Å². The maximum Gasteiger partial charge on any atom is 2.00 e. The van der Waals surface area contributed by atoms with Crippen molar-refractivity contribution >= 4 is 15.2 Å². The van der Waals surface area contributed by atoms with Gasteiger partial charge in [-0.25, -0.2) is 5.01 Å². The fraction of sp³-hybridized carbons (Fsp3) is 1.00. The minimum absolute atomic E-state index is 0. The van der Waals surface area contributed by atoms with E-state index in [0.717, 1.165) is 12.8 Å². The summed E-state index contributed by atoms with van der Waals surface area (Å²) >= 11 is 0. The van der Waals surface area contributed by atoms with Gasteiger partial charge in [-0.1, -0.05) is 25.7 Å². The van der Waals surface area contributed by atoms with Gasteiger partial charge >= 0.3 is 50.6 Å². The maximum absolute atomic E-state index is 11.1. The molecule has 15 heteroatoms. The number of rotatable bonds is 3. The Morgan fingerprint density at radius 3 is 1.67 bits per heavy atom. The van der Waals surface area contributed by atoms with E-state index in [9.17, 15) is 33.6 Å². The molecule has 27 heavy (non-hydrogen) atoms. The molecule has 0 spiro atoms. The van der Waals surface area contributed by atoms with Gasteiger partial charge in [0.25, 0.3) is 0 Å². The van der Waals surface area contributed by atoms with E-state index < -0.39 is 26.6 Å². The van der Waals surface area contributed by atoms with E-state index in [4.69, 9.17) is 11.5 Å².